The highest BCUT2D eigenvalue weighted by atomic mass is 16.5. The summed E-state index contributed by atoms with van der Waals surface area (Å²) in [6.07, 6.45) is 3.56. The Morgan fingerprint density at radius 1 is 1.48 bits per heavy atom. The molecule has 23 heavy (non-hydrogen) atoms. The first-order valence-corrected chi connectivity index (χ1v) is 8.09. The molecule has 3 rings (SSSR count). The molecular formula is C16H23N5O2. The zero-order chi connectivity index (χ0) is 16.4. The van der Waals surface area contributed by atoms with Crippen LogP contribution in [0.1, 0.15) is 54.8 Å². The molecule has 0 bridgehead atoms. The first-order chi connectivity index (χ1) is 11.1. The summed E-state index contributed by atoms with van der Waals surface area (Å²) >= 11 is 0. The molecule has 1 aliphatic heterocycles. The number of hydrogen-bond acceptors (Lipinski definition) is 5. The van der Waals surface area contributed by atoms with Crippen molar-refractivity contribution in [3.63, 3.8) is 0 Å². The number of nitrogens with zero attached hydrogens (tertiary/aromatic N) is 4. The summed E-state index contributed by atoms with van der Waals surface area (Å²) in [7, 11) is 0. The largest absolute Gasteiger partial charge is 0.360 e. The lowest BCUT2D eigenvalue weighted by Gasteiger charge is -2.39. The van der Waals surface area contributed by atoms with Gasteiger partial charge < -0.3 is 14.4 Å². The molecule has 2 aromatic rings. The number of H-pyrrole nitrogens is 1. The minimum absolute atomic E-state index is 0.0760. The fraction of sp³-hybridized carbons (Fsp3) is 0.562. The van der Waals surface area contributed by atoms with E-state index < -0.39 is 0 Å². The fourth-order valence-electron chi connectivity index (χ4n) is 2.93. The van der Waals surface area contributed by atoms with E-state index in [4.69, 9.17) is 4.52 Å². The number of aromatic nitrogens is 3. The van der Waals surface area contributed by atoms with Crippen molar-refractivity contribution in [1.29, 1.82) is 0 Å². The van der Waals surface area contributed by atoms with E-state index in [-0.39, 0.29) is 17.9 Å². The highest BCUT2D eigenvalue weighted by molar-refractivity contribution is 5.92. The highest BCUT2D eigenvalue weighted by Crippen LogP contribution is 2.24. The van der Waals surface area contributed by atoms with Gasteiger partial charge in [-0.2, -0.15) is 0 Å². The van der Waals surface area contributed by atoms with Crippen molar-refractivity contribution < 1.29 is 9.32 Å². The van der Waals surface area contributed by atoms with Gasteiger partial charge in [-0.25, -0.2) is 4.98 Å². The number of amides is 1. The fourth-order valence-corrected chi connectivity index (χ4v) is 2.93. The maximum Gasteiger partial charge on any atom is 0.276 e. The Hall–Kier alpha value is -2.15. The maximum atomic E-state index is 12.7. The highest BCUT2D eigenvalue weighted by Gasteiger charge is 2.32. The number of rotatable bonds is 4. The molecule has 1 aliphatic rings. The lowest BCUT2D eigenvalue weighted by Crippen LogP contribution is -2.50. The molecule has 1 amide bonds. The molecule has 1 saturated heterocycles. The van der Waals surface area contributed by atoms with E-state index in [1.165, 1.54) is 0 Å². The Kier molecular flexibility index (Phi) is 4.47. The van der Waals surface area contributed by atoms with E-state index in [2.05, 4.69) is 26.9 Å². The van der Waals surface area contributed by atoms with E-state index in [1.807, 2.05) is 24.9 Å². The van der Waals surface area contributed by atoms with Gasteiger partial charge in [-0.15, -0.1) is 0 Å². The van der Waals surface area contributed by atoms with Crippen molar-refractivity contribution in [3.05, 3.63) is 35.7 Å². The Labute approximate surface area is 135 Å². The third-order valence-electron chi connectivity index (χ3n) is 4.34. The Balaban J connectivity index is 1.76. The molecule has 0 aromatic carbocycles. The van der Waals surface area contributed by atoms with Crippen LogP contribution in [-0.4, -0.2) is 57.0 Å². The predicted molar refractivity (Wildman–Crippen MR) is 85.1 cm³/mol. The van der Waals surface area contributed by atoms with Gasteiger partial charge in [-0.3, -0.25) is 9.69 Å². The van der Waals surface area contributed by atoms with Gasteiger partial charge >= 0.3 is 0 Å². The molecule has 0 saturated carbocycles. The second-order valence-electron chi connectivity index (χ2n) is 6.14. The van der Waals surface area contributed by atoms with Gasteiger partial charge in [0.05, 0.1) is 6.04 Å². The lowest BCUT2D eigenvalue weighted by molar-refractivity contribution is 0.0471. The van der Waals surface area contributed by atoms with Crippen LogP contribution < -0.4 is 0 Å². The maximum absolute atomic E-state index is 12.7. The van der Waals surface area contributed by atoms with E-state index >= 15 is 0 Å². The normalized spacial score (nSPS) is 19.5. The van der Waals surface area contributed by atoms with E-state index in [1.54, 1.807) is 12.3 Å². The SMILES string of the molecule is CCN1CCN(C(=O)c2cc(C(C)C)on2)CC1c1ncc[nH]1. The van der Waals surface area contributed by atoms with Crippen LogP contribution >= 0.6 is 0 Å². The summed E-state index contributed by atoms with van der Waals surface area (Å²) in [5, 5.41) is 3.94. The number of aromatic amines is 1. The predicted octanol–water partition coefficient (Wildman–Crippen LogP) is 2.04. The molecule has 0 radical (unpaired) electrons. The Morgan fingerprint density at radius 3 is 2.91 bits per heavy atom. The summed E-state index contributed by atoms with van der Waals surface area (Å²) < 4.78 is 5.25. The van der Waals surface area contributed by atoms with Gasteiger partial charge in [-0.1, -0.05) is 25.9 Å². The number of carbonyl (C=O) groups is 1. The van der Waals surface area contributed by atoms with Crippen molar-refractivity contribution >= 4 is 5.91 Å². The zero-order valence-corrected chi connectivity index (χ0v) is 13.8. The van der Waals surface area contributed by atoms with Gasteiger partial charge in [0.25, 0.3) is 5.91 Å². The van der Waals surface area contributed by atoms with Crippen LogP contribution in [-0.2, 0) is 0 Å². The topological polar surface area (TPSA) is 78.3 Å². The van der Waals surface area contributed by atoms with Gasteiger partial charge in [0.15, 0.2) is 5.69 Å². The minimum Gasteiger partial charge on any atom is -0.360 e. The molecule has 1 atom stereocenters. The van der Waals surface area contributed by atoms with Crippen LogP contribution in [0.15, 0.2) is 23.0 Å². The van der Waals surface area contributed by atoms with Crippen LogP contribution in [0.3, 0.4) is 0 Å². The second-order valence-corrected chi connectivity index (χ2v) is 6.14. The van der Waals surface area contributed by atoms with Gasteiger partial charge in [0.2, 0.25) is 0 Å². The summed E-state index contributed by atoms with van der Waals surface area (Å²) in [5.41, 5.74) is 0.386. The summed E-state index contributed by atoms with van der Waals surface area (Å²) in [6, 6.07) is 1.84. The standard InChI is InChI=1S/C16H23N5O2/c1-4-20-7-8-21(10-13(20)15-17-5-6-18-15)16(22)12-9-14(11(2)3)23-19-12/h5-6,9,11,13H,4,7-8,10H2,1-3H3,(H,17,18). The van der Waals surface area contributed by atoms with Gasteiger partial charge in [-0.05, 0) is 6.54 Å². The quantitative estimate of drug-likeness (QED) is 0.933. The van der Waals surface area contributed by atoms with Crippen molar-refractivity contribution in [1.82, 2.24) is 24.9 Å². The average Bonchev–Trinajstić information content (AvgIpc) is 3.24. The number of likely N-dealkylation sites (N-methyl/N-ethyl adjacent to an activating group) is 1. The summed E-state index contributed by atoms with van der Waals surface area (Å²) in [4.78, 5) is 24.4. The molecule has 1 unspecified atom stereocenters. The molecule has 1 fully saturated rings. The molecule has 2 aromatic heterocycles. The molecular weight excluding hydrogens is 294 g/mol. The van der Waals surface area contributed by atoms with E-state index in [0.717, 1.165) is 24.7 Å². The van der Waals surface area contributed by atoms with Crippen molar-refractivity contribution in [3.8, 4) is 0 Å². The van der Waals surface area contributed by atoms with Crippen LogP contribution in [0, 0.1) is 0 Å². The minimum atomic E-state index is -0.0760. The van der Waals surface area contributed by atoms with E-state index in [9.17, 15) is 4.79 Å². The molecule has 7 nitrogen and oxygen atoms in total. The molecule has 0 aliphatic carbocycles. The molecule has 7 heteroatoms. The van der Waals surface area contributed by atoms with Gasteiger partial charge in [0.1, 0.15) is 11.6 Å². The molecule has 1 N–H and O–H groups in total. The van der Waals surface area contributed by atoms with Crippen LogP contribution in [0.2, 0.25) is 0 Å². The third-order valence-corrected chi connectivity index (χ3v) is 4.34. The van der Waals surface area contributed by atoms with Crippen LogP contribution in [0.4, 0.5) is 0 Å². The van der Waals surface area contributed by atoms with Gasteiger partial charge in [0, 0.05) is 44.0 Å². The van der Waals surface area contributed by atoms with E-state index in [0.29, 0.717) is 18.8 Å². The second kappa shape index (κ2) is 6.54. The monoisotopic (exact) mass is 317 g/mol. The Bertz CT molecular complexity index is 649. The number of nitrogens with one attached hydrogen (secondary N) is 1. The lowest BCUT2D eigenvalue weighted by atomic mass is 10.1. The van der Waals surface area contributed by atoms with Crippen molar-refractivity contribution in [2.75, 3.05) is 26.2 Å². The van der Waals surface area contributed by atoms with Crippen molar-refractivity contribution in [2.45, 2.75) is 32.7 Å². The number of piperazine rings is 1. The number of imidazole rings is 1. The molecule has 124 valence electrons. The number of carbonyl (C=O) groups excluding carboxylic acids is 1. The summed E-state index contributed by atoms with van der Waals surface area (Å²) in [5.74, 6) is 1.78. The molecule has 3 heterocycles. The first kappa shape index (κ1) is 15.7. The first-order valence-electron chi connectivity index (χ1n) is 8.09. The molecule has 0 spiro atoms. The Morgan fingerprint density at radius 2 is 2.30 bits per heavy atom. The summed E-state index contributed by atoms with van der Waals surface area (Å²) in [6.45, 7) is 9.19. The third kappa shape index (κ3) is 3.14. The van der Waals surface area contributed by atoms with Crippen LogP contribution in [0.25, 0.3) is 0 Å². The zero-order valence-electron chi connectivity index (χ0n) is 13.8. The number of hydrogen-bond donors (Lipinski definition) is 1. The smallest absolute Gasteiger partial charge is 0.276 e. The average molecular weight is 317 g/mol. The van der Waals surface area contributed by atoms with Crippen LogP contribution in [0.5, 0.6) is 0 Å². The van der Waals surface area contributed by atoms with Crippen molar-refractivity contribution in [2.24, 2.45) is 0 Å².